The summed E-state index contributed by atoms with van der Waals surface area (Å²) in [4.78, 5) is 34.2. The molecule has 168 valence electrons. The second-order valence-corrected chi connectivity index (χ2v) is 8.08. The number of hydrogen-bond donors (Lipinski definition) is 2. The molecule has 2 aliphatic heterocycles. The topological polar surface area (TPSA) is 90.7 Å². The van der Waals surface area contributed by atoms with Crippen LogP contribution in [0.15, 0.2) is 65.7 Å². The molecule has 2 aromatic heterocycles. The van der Waals surface area contributed by atoms with Gasteiger partial charge in [-0.15, -0.1) is 0 Å². The molecule has 0 unspecified atom stereocenters. The predicted molar refractivity (Wildman–Crippen MR) is 127 cm³/mol. The molecule has 0 saturated carbocycles. The number of nitrogens with zero attached hydrogens (tertiary/aromatic N) is 3. The number of carbonyl (C=O) groups is 2. The number of hydrogen-bond acceptors (Lipinski definition) is 7. The number of benzene rings is 1. The average molecular weight is 444 g/mol. The third kappa shape index (κ3) is 4.25. The van der Waals surface area contributed by atoms with Crippen molar-refractivity contribution in [1.29, 1.82) is 0 Å². The molecule has 3 aromatic rings. The zero-order chi connectivity index (χ0) is 22.8. The maximum Gasteiger partial charge on any atom is 0.260 e. The van der Waals surface area contributed by atoms with Crippen molar-refractivity contribution in [2.45, 2.75) is 6.92 Å². The van der Waals surface area contributed by atoms with E-state index < -0.39 is 11.8 Å². The maximum absolute atomic E-state index is 12.6. The number of carbonyl (C=O) groups excluding carboxylic acids is 2. The summed E-state index contributed by atoms with van der Waals surface area (Å²) >= 11 is 0. The van der Waals surface area contributed by atoms with E-state index in [1.807, 2.05) is 36.5 Å². The van der Waals surface area contributed by atoms with E-state index in [-0.39, 0.29) is 0 Å². The van der Waals surface area contributed by atoms with E-state index >= 15 is 0 Å². The number of nitrogens with one attached hydrogen (secondary N) is 2. The van der Waals surface area contributed by atoms with Crippen LogP contribution in [0.4, 0.5) is 11.5 Å². The Labute approximate surface area is 191 Å². The van der Waals surface area contributed by atoms with Crippen molar-refractivity contribution in [2.24, 2.45) is 0 Å². The van der Waals surface area contributed by atoms with Gasteiger partial charge in [0.1, 0.15) is 5.82 Å². The number of anilines is 2. The first-order chi connectivity index (χ1) is 16.1. The summed E-state index contributed by atoms with van der Waals surface area (Å²) in [6.07, 6.45) is 6.66. The van der Waals surface area contributed by atoms with E-state index in [4.69, 9.17) is 4.42 Å². The first-order valence-corrected chi connectivity index (χ1v) is 11.0. The lowest BCUT2D eigenvalue weighted by Crippen LogP contribution is -2.46. The maximum atomic E-state index is 12.6. The Hall–Kier alpha value is -3.91. The largest absolute Gasteiger partial charge is 0.472 e. The smallest absolute Gasteiger partial charge is 0.260 e. The summed E-state index contributed by atoms with van der Waals surface area (Å²) in [5, 5.41) is 5.51. The fourth-order valence-corrected chi connectivity index (χ4v) is 4.20. The molecule has 0 aliphatic carbocycles. The second-order valence-electron chi connectivity index (χ2n) is 8.08. The molecule has 33 heavy (non-hydrogen) atoms. The Morgan fingerprint density at radius 3 is 2.58 bits per heavy atom. The lowest BCUT2D eigenvalue weighted by Gasteiger charge is -2.35. The zero-order valence-electron chi connectivity index (χ0n) is 18.4. The quantitative estimate of drug-likeness (QED) is 0.462. The number of imide groups is 1. The summed E-state index contributed by atoms with van der Waals surface area (Å²) in [7, 11) is 0. The highest BCUT2D eigenvalue weighted by atomic mass is 16.3. The van der Waals surface area contributed by atoms with E-state index in [9.17, 15) is 9.59 Å². The Morgan fingerprint density at radius 1 is 1.03 bits per heavy atom. The van der Waals surface area contributed by atoms with Gasteiger partial charge in [-0.1, -0.05) is 13.0 Å². The van der Waals surface area contributed by atoms with Gasteiger partial charge in [0, 0.05) is 49.1 Å². The summed E-state index contributed by atoms with van der Waals surface area (Å²) in [5.74, 6) is -0.234. The highest BCUT2D eigenvalue weighted by molar-refractivity contribution is 6.31. The fourth-order valence-electron chi connectivity index (χ4n) is 4.20. The molecule has 2 N–H and O–H groups in total. The molecule has 5 rings (SSSR count). The number of fused-ring (bicyclic) bond motifs is 1. The third-order valence-electron chi connectivity index (χ3n) is 6.18. The summed E-state index contributed by atoms with van der Waals surface area (Å²) in [5.41, 5.74) is 4.21. The fraction of sp³-hybridized carbons (Fsp3) is 0.240. The van der Waals surface area contributed by atoms with E-state index in [1.54, 1.807) is 24.8 Å². The Bertz CT molecular complexity index is 1190. The normalized spacial score (nSPS) is 17.7. The lowest BCUT2D eigenvalue weighted by molar-refractivity contribution is -0.114. The van der Waals surface area contributed by atoms with Crippen LogP contribution in [0.2, 0.25) is 0 Å². The van der Waals surface area contributed by atoms with Gasteiger partial charge in [-0.05, 0) is 42.4 Å². The molecule has 8 heteroatoms. The number of amides is 2. The number of pyridine rings is 1. The van der Waals surface area contributed by atoms with Crippen molar-refractivity contribution in [3.8, 4) is 11.1 Å². The van der Waals surface area contributed by atoms with Gasteiger partial charge in [-0.2, -0.15) is 0 Å². The molecular weight excluding hydrogens is 418 g/mol. The van der Waals surface area contributed by atoms with Crippen LogP contribution >= 0.6 is 0 Å². The van der Waals surface area contributed by atoms with Gasteiger partial charge in [-0.3, -0.25) is 14.9 Å². The van der Waals surface area contributed by atoms with Crippen molar-refractivity contribution in [2.75, 3.05) is 42.9 Å². The van der Waals surface area contributed by atoms with E-state index in [0.717, 1.165) is 49.5 Å². The zero-order valence-corrected chi connectivity index (χ0v) is 18.4. The highest BCUT2D eigenvalue weighted by Crippen LogP contribution is 2.30. The van der Waals surface area contributed by atoms with Crippen molar-refractivity contribution in [1.82, 2.24) is 15.2 Å². The standard InChI is InChI=1S/C25H25N5O3/c1-2-29-8-10-30(11-9-29)19-4-6-23(26-14-19)27-15-22-21-13-17(18-7-12-33-16-18)3-5-20(21)24(31)28-25(22)32/h3-7,12-16H,2,8-11H2,1H3,(H,26,27)(H,28,31,32). The first-order valence-electron chi connectivity index (χ1n) is 11.0. The molecule has 1 fully saturated rings. The van der Waals surface area contributed by atoms with Gasteiger partial charge in [0.2, 0.25) is 0 Å². The molecule has 1 saturated heterocycles. The minimum absolute atomic E-state index is 0.372. The molecule has 0 radical (unpaired) electrons. The number of likely N-dealkylation sites (N-methyl/N-ethyl adjacent to an activating group) is 1. The second kappa shape index (κ2) is 8.91. The summed E-state index contributed by atoms with van der Waals surface area (Å²) in [6.45, 7) is 7.33. The van der Waals surface area contributed by atoms with Crippen LogP contribution in [0, 0.1) is 0 Å². The van der Waals surface area contributed by atoms with Crippen molar-refractivity contribution in [3.05, 3.63) is 72.4 Å². The van der Waals surface area contributed by atoms with E-state index in [2.05, 4.69) is 32.3 Å². The molecule has 8 nitrogen and oxygen atoms in total. The van der Waals surface area contributed by atoms with Crippen LogP contribution in [0.25, 0.3) is 16.7 Å². The average Bonchev–Trinajstić information content (AvgIpc) is 3.39. The molecule has 4 heterocycles. The lowest BCUT2D eigenvalue weighted by atomic mass is 9.92. The SMILES string of the molecule is CCN1CCN(c2ccc(NC=C3C(=O)NC(=O)c4ccc(-c5ccoc5)cc43)nc2)CC1. The number of rotatable bonds is 5. The van der Waals surface area contributed by atoms with Crippen molar-refractivity contribution < 1.29 is 14.0 Å². The van der Waals surface area contributed by atoms with Gasteiger partial charge in [-0.25, -0.2) is 4.98 Å². The monoisotopic (exact) mass is 443 g/mol. The minimum atomic E-state index is -0.449. The molecule has 2 amide bonds. The van der Waals surface area contributed by atoms with Crippen LogP contribution in [0.1, 0.15) is 22.8 Å². The predicted octanol–water partition coefficient (Wildman–Crippen LogP) is 3.21. The molecule has 0 bridgehead atoms. The number of piperazine rings is 1. The van der Waals surface area contributed by atoms with Crippen molar-refractivity contribution in [3.63, 3.8) is 0 Å². The van der Waals surface area contributed by atoms with Crippen LogP contribution in [-0.4, -0.2) is 54.4 Å². The summed E-state index contributed by atoms with van der Waals surface area (Å²) < 4.78 is 5.16. The van der Waals surface area contributed by atoms with Crippen molar-refractivity contribution >= 4 is 28.9 Å². The molecule has 0 atom stereocenters. The van der Waals surface area contributed by atoms with Crippen LogP contribution in [0.5, 0.6) is 0 Å². The highest BCUT2D eigenvalue weighted by Gasteiger charge is 2.27. The van der Waals surface area contributed by atoms with Crippen LogP contribution in [0.3, 0.4) is 0 Å². The number of furan rings is 1. The van der Waals surface area contributed by atoms with Gasteiger partial charge in [0.15, 0.2) is 0 Å². The van der Waals surface area contributed by atoms with Crippen LogP contribution < -0.4 is 15.5 Å². The Balaban J connectivity index is 1.36. The number of aromatic nitrogens is 1. The summed E-state index contributed by atoms with van der Waals surface area (Å²) in [6, 6.07) is 11.2. The minimum Gasteiger partial charge on any atom is -0.472 e. The molecule has 0 spiro atoms. The Kier molecular flexibility index (Phi) is 5.66. The van der Waals surface area contributed by atoms with Crippen LogP contribution in [-0.2, 0) is 4.79 Å². The molecule has 2 aliphatic rings. The molecular formula is C25H25N5O3. The van der Waals surface area contributed by atoms with Gasteiger partial charge >= 0.3 is 0 Å². The van der Waals surface area contributed by atoms with E-state index in [0.29, 0.717) is 22.5 Å². The first kappa shape index (κ1) is 21.0. The van der Waals surface area contributed by atoms with E-state index in [1.165, 1.54) is 0 Å². The Morgan fingerprint density at radius 2 is 1.88 bits per heavy atom. The van der Waals surface area contributed by atoms with Gasteiger partial charge < -0.3 is 19.5 Å². The third-order valence-corrected chi connectivity index (χ3v) is 6.18. The van der Waals surface area contributed by atoms with Gasteiger partial charge in [0.05, 0.1) is 30.0 Å². The molecule has 1 aromatic carbocycles. The van der Waals surface area contributed by atoms with Gasteiger partial charge in [0.25, 0.3) is 11.8 Å².